The number of H-pyrrole nitrogens is 1. The number of halogens is 1. The van der Waals surface area contributed by atoms with Crippen LogP contribution in [-0.4, -0.2) is 68.7 Å². The van der Waals surface area contributed by atoms with Crippen LogP contribution >= 0.6 is 11.6 Å². The standard InChI is InChI=1S/C17H21NO.C7H7ClN4O2.C4H8O2/c1-18(2)13-14-19-17(15-9-5-3-6-10-15)16-11-7-4-8-12-16;1-11-4-3(9-6(8)10-4)5(13)12(2)7(11)14;1-4(6)2-3-5/h3-12,17H,13-14H2,1-2H3;1-2H3,(H,9,10);3-4,6H,2H2,1H3. The molecule has 0 saturated heterocycles. The second-order valence-electron chi connectivity index (χ2n) is 9.06. The first-order chi connectivity index (χ1) is 18.6. The van der Waals surface area contributed by atoms with Gasteiger partial charge in [0.1, 0.15) is 12.4 Å². The number of aldehydes is 1. The molecule has 0 aliphatic rings. The van der Waals surface area contributed by atoms with Crippen molar-refractivity contribution in [1.29, 1.82) is 0 Å². The number of ether oxygens (including phenoxy) is 1. The van der Waals surface area contributed by atoms with E-state index in [9.17, 15) is 14.4 Å². The smallest absolute Gasteiger partial charge is 0.332 e. The monoisotopic (exact) mass is 557 g/mol. The summed E-state index contributed by atoms with van der Waals surface area (Å²) < 4.78 is 8.34. The number of fused-ring (bicyclic) bond motifs is 1. The number of aliphatic hydroxyl groups excluding tert-OH is 1. The van der Waals surface area contributed by atoms with Gasteiger partial charge < -0.3 is 24.5 Å². The van der Waals surface area contributed by atoms with Crippen molar-refractivity contribution in [3.05, 3.63) is 97.9 Å². The molecule has 0 bridgehead atoms. The summed E-state index contributed by atoms with van der Waals surface area (Å²) in [6.45, 7) is 3.23. The van der Waals surface area contributed by atoms with E-state index in [-0.39, 0.29) is 29.0 Å². The topological polar surface area (TPSA) is 122 Å². The minimum atomic E-state index is -0.470. The Morgan fingerprint density at radius 2 is 1.56 bits per heavy atom. The van der Waals surface area contributed by atoms with Gasteiger partial charge in [0.05, 0.1) is 12.7 Å². The summed E-state index contributed by atoms with van der Waals surface area (Å²) in [5.74, 6) is 0. The molecule has 11 heteroatoms. The van der Waals surface area contributed by atoms with E-state index in [2.05, 4.69) is 77.5 Å². The Labute approximate surface area is 232 Å². The lowest BCUT2D eigenvalue weighted by atomic mass is 10.0. The number of nitrogens with one attached hydrogen (secondary N) is 1. The van der Waals surface area contributed by atoms with Gasteiger partial charge in [0.25, 0.3) is 5.56 Å². The molecule has 4 rings (SSSR count). The summed E-state index contributed by atoms with van der Waals surface area (Å²) in [6, 6.07) is 20.8. The van der Waals surface area contributed by atoms with Gasteiger partial charge in [-0.3, -0.25) is 13.9 Å². The zero-order valence-corrected chi connectivity index (χ0v) is 23.6. The number of aromatic nitrogens is 4. The lowest BCUT2D eigenvalue weighted by Crippen LogP contribution is -2.36. The largest absolute Gasteiger partial charge is 0.393 e. The van der Waals surface area contributed by atoms with Crippen LogP contribution in [0.4, 0.5) is 0 Å². The normalized spacial score (nSPS) is 11.5. The number of hydrogen-bond donors (Lipinski definition) is 2. The lowest BCUT2D eigenvalue weighted by Gasteiger charge is -2.20. The number of imidazole rings is 1. The Morgan fingerprint density at radius 3 is 2.00 bits per heavy atom. The van der Waals surface area contributed by atoms with Crippen molar-refractivity contribution < 1.29 is 14.6 Å². The number of benzene rings is 2. The third kappa shape index (κ3) is 9.60. The van der Waals surface area contributed by atoms with E-state index in [1.54, 1.807) is 6.92 Å². The molecular formula is C28H36ClN5O5. The predicted molar refractivity (Wildman–Crippen MR) is 153 cm³/mol. The van der Waals surface area contributed by atoms with Gasteiger partial charge in [-0.1, -0.05) is 60.7 Å². The van der Waals surface area contributed by atoms with E-state index in [4.69, 9.17) is 21.4 Å². The number of hydrogen-bond acceptors (Lipinski definition) is 7. The molecular weight excluding hydrogens is 522 g/mol. The fourth-order valence-electron chi connectivity index (χ4n) is 3.43. The molecule has 0 fully saturated rings. The predicted octanol–water partition coefficient (Wildman–Crippen LogP) is 2.92. The van der Waals surface area contributed by atoms with E-state index >= 15 is 0 Å². The Balaban J connectivity index is 0.000000234. The molecule has 2 aromatic heterocycles. The second kappa shape index (κ2) is 15.7. The SMILES string of the molecule is CC(O)CC=O.CN(C)CCOC(c1ccccc1)c1ccccc1.Cn1c(=O)c2[nH]c(Cl)nc2n(C)c1=O. The van der Waals surface area contributed by atoms with Crippen molar-refractivity contribution in [3.8, 4) is 0 Å². The summed E-state index contributed by atoms with van der Waals surface area (Å²) in [4.78, 5) is 41.0. The van der Waals surface area contributed by atoms with Crippen molar-refractivity contribution in [2.75, 3.05) is 27.2 Å². The molecule has 0 saturated carbocycles. The number of aryl methyl sites for hydroxylation is 1. The van der Waals surface area contributed by atoms with Gasteiger partial charge >= 0.3 is 5.69 Å². The molecule has 0 amide bonds. The van der Waals surface area contributed by atoms with Gasteiger partial charge in [-0.15, -0.1) is 0 Å². The van der Waals surface area contributed by atoms with Crippen LogP contribution in [-0.2, 0) is 23.6 Å². The van der Waals surface area contributed by atoms with E-state index in [0.29, 0.717) is 6.29 Å². The van der Waals surface area contributed by atoms with Gasteiger partial charge in [-0.2, -0.15) is 4.98 Å². The van der Waals surface area contributed by atoms with E-state index in [1.807, 2.05) is 12.1 Å². The highest BCUT2D eigenvalue weighted by Gasteiger charge is 2.14. The molecule has 4 aromatic rings. The summed E-state index contributed by atoms with van der Waals surface area (Å²) in [5, 5.41) is 8.42. The Bertz CT molecular complexity index is 1380. The summed E-state index contributed by atoms with van der Waals surface area (Å²) in [6.07, 6.45) is 0.495. The van der Waals surface area contributed by atoms with Crippen molar-refractivity contribution in [2.24, 2.45) is 14.1 Å². The van der Waals surface area contributed by atoms with E-state index in [0.717, 1.165) is 17.7 Å². The number of carbonyl (C=O) groups is 1. The first kappa shape index (κ1) is 31.6. The number of nitrogens with zero attached hydrogens (tertiary/aromatic N) is 4. The third-order valence-electron chi connectivity index (χ3n) is 5.53. The highest BCUT2D eigenvalue weighted by molar-refractivity contribution is 6.28. The average Bonchev–Trinajstić information content (AvgIpc) is 3.32. The Kier molecular flexibility index (Phi) is 12.8. The van der Waals surface area contributed by atoms with Crippen LogP contribution in [0.5, 0.6) is 0 Å². The molecule has 2 heterocycles. The Hall–Kier alpha value is -3.57. The minimum absolute atomic E-state index is 0.0161. The highest BCUT2D eigenvalue weighted by atomic mass is 35.5. The summed E-state index contributed by atoms with van der Waals surface area (Å²) in [7, 11) is 7.05. The van der Waals surface area contributed by atoms with Crippen LogP contribution in [0.2, 0.25) is 5.28 Å². The van der Waals surface area contributed by atoms with Gasteiger partial charge in [-0.05, 0) is 43.7 Å². The average molecular weight is 558 g/mol. The van der Waals surface area contributed by atoms with E-state index in [1.165, 1.54) is 29.8 Å². The molecule has 10 nitrogen and oxygen atoms in total. The molecule has 2 N–H and O–H groups in total. The summed E-state index contributed by atoms with van der Waals surface area (Å²) in [5.41, 5.74) is 2.05. The number of aromatic amines is 1. The van der Waals surface area contributed by atoms with Crippen molar-refractivity contribution in [2.45, 2.75) is 25.6 Å². The first-order valence-electron chi connectivity index (χ1n) is 12.4. The van der Waals surface area contributed by atoms with E-state index < -0.39 is 17.4 Å². The maximum Gasteiger partial charge on any atom is 0.332 e. The first-order valence-corrected chi connectivity index (χ1v) is 12.7. The molecule has 0 spiro atoms. The fourth-order valence-corrected chi connectivity index (χ4v) is 3.61. The number of likely N-dealkylation sites (N-methyl/N-ethyl adjacent to an activating group) is 1. The Morgan fingerprint density at radius 1 is 1.03 bits per heavy atom. The maximum absolute atomic E-state index is 11.5. The van der Waals surface area contributed by atoms with Crippen molar-refractivity contribution in [3.63, 3.8) is 0 Å². The zero-order chi connectivity index (χ0) is 28.9. The van der Waals surface area contributed by atoms with Crippen LogP contribution in [0.25, 0.3) is 11.2 Å². The van der Waals surface area contributed by atoms with Gasteiger partial charge in [0.2, 0.25) is 5.28 Å². The van der Waals surface area contributed by atoms with Gasteiger partial charge in [0.15, 0.2) is 11.2 Å². The molecule has 0 radical (unpaired) electrons. The molecule has 0 aliphatic carbocycles. The van der Waals surface area contributed by atoms with Gasteiger partial charge in [-0.25, -0.2) is 4.79 Å². The quantitative estimate of drug-likeness (QED) is 0.252. The maximum atomic E-state index is 11.5. The molecule has 0 aliphatic heterocycles. The molecule has 1 unspecified atom stereocenters. The molecule has 2 aromatic carbocycles. The van der Waals surface area contributed by atoms with Crippen LogP contribution in [0.3, 0.4) is 0 Å². The van der Waals surface area contributed by atoms with Crippen molar-refractivity contribution >= 4 is 29.1 Å². The van der Waals surface area contributed by atoms with Crippen LogP contribution < -0.4 is 11.2 Å². The number of carbonyl (C=O) groups excluding carboxylic acids is 1. The third-order valence-corrected chi connectivity index (χ3v) is 5.71. The summed E-state index contributed by atoms with van der Waals surface area (Å²) >= 11 is 5.60. The number of aliphatic hydroxyl groups is 1. The van der Waals surface area contributed by atoms with Crippen LogP contribution in [0.1, 0.15) is 30.6 Å². The zero-order valence-electron chi connectivity index (χ0n) is 22.9. The van der Waals surface area contributed by atoms with Gasteiger partial charge in [0, 0.05) is 27.1 Å². The minimum Gasteiger partial charge on any atom is -0.393 e. The molecule has 1 atom stereocenters. The van der Waals surface area contributed by atoms with Crippen molar-refractivity contribution in [1.82, 2.24) is 24.0 Å². The second-order valence-corrected chi connectivity index (χ2v) is 9.42. The van der Waals surface area contributed by atoms with Crippen LogP contribution in [0, 0.1) is 0 Å². The van der Waals surface area contributed by atoms with Crippen LogP contribution in [0.15, 0.2) is 70.3 Å². The fraction of sp³-hybridized carbons (Fsp3) is 0.357. The lowest BCUT2D eigenvalue weighted by molar-refractivity contribution is -0.109. The highest BCUT2D eigenvalue weighted by Crippen LogP contribution is 2.25. The molecule has 210 valence electrons. The number of rotatable bonds is 8. The molecule has 39 heavy (non-hydrogen) atoms.